The number of fused-ring (bicyclic) bond motifs is 1. The molecular weight excluding hydrogens is 414 g/mol. The normalized spacial score (nSPS) is 11.9. The van der Waals surface area contributed by atoms with E-state index in [0.717, 1.165) is 28.2 Å². The fourth-order valence-electron chi connectivity index (χ4n) is 3.73. The number of benzene rings is 4. The summed E-state index contributed by atoms with van der Waals surface area (Å²) in [5.41, 5.74) is 1.05. The zero-order valence-electron chi connectivity index (χ0n) is 18.6. The first-order valence-corrected chi connectivity index (χ1v) is 11.0. The molecule has 0 aliphatic heterocycles. The van der Waals surface area contributed by atoms with E-state index in [1.807, 2.05) is 84.9 Å². The van der Waals surface area contributed by atoms with Crippen LogP contribution in [0.25, 0.3) is 10.8 Å². The van der Waals surface area contributed by atoms with Crippen molar-refractivity contribution in [1.82, 2.24) is 4.90 Å². The molecular formula is C28H27NO4. The van der Waals surface area contributed by atoms with E-state index in [0.29, 0.717) is 13.0 Å². The van der Waals surface area contributed by atoms with E-state index in [-0.39, 0.29) is 12.6 Å². The van der Waals surface area contributed by atoms with Crippen LogP contribution in [0.5, 0.6) is 17.2 Å². The van der Waals surface area contributed by atoms with Gasteiger partial charge in [-0.05, 0) is 59.8 Å². The Morgan fingerprint density at radius 1 is 0.818 bits per heavy atom. The Balaban J connectivity index is 1.43. The molecule has 33 heavy (non-hydrogen) atoms. The lowest BCUT2D eigenvalue weighted by Gasteiger charge is -2.22. The Hall–Kier alpha value is -3.83. The summed E-state index contributed by atoms with van der Waals surface area (Å²) in [6.45, 7) is 0.608. The van der Waals surface area contributed by atoms with E-state index in [4.69, 9.17) is 14.6 Å². The van der Waals surface area contributed by atoms with Crippen molar-refractivity contribution < 1.29 is 19.4 Å². The number of carboxylic acid groups (broad SMARTS) is 1. The van der Waals surface area contributed by atoms with Crippen LogP contribution < -0.4 is 9.47 Å². The molecule has 1 N–H and O–H groups in total. The van der Waals surface area contributed by atoms with Gasteiger partial charge in [-0.3, -0.25) is 9.69 Å². The van der Waals surface area contributed by atoms with Crippen LogP contribution in [0, 0.1) is 0 Å². The maximum absolute atomic E-state index is 11.0. The van der Waals surface area contributed by atoms with Crippen molar-refractivity contribution in [3.8, 4) is 17.2 Å². The second-order valence-corrected chi connectivity index (χ2v) is 8.02. The van der Waals surface area contributed by atoms with Gasteiger partial charge in [0.2, 0.25) is 0 Å². The number of ether oxygens (including phenoxy) is 2. The lowest BCUT2D eigenvalue weighted by Crippen LogP contribution is -2.28. The van der Waals surface area contributed by atoms with E-state index in [2.05, 4.69) is 12.1 Å². The van der Waals surface area contributed by atoms with Gasteiger partial charge in [-0.1, -0.05) is 60.7 Å². The molecule has 4 rings (SSSR count). The molecule has 4 aromatic rings. The van der Waals surface area contributed by atoms with Crippen LogP contribution in [0.15, 0.2) is 97.1 Å². The van der Waals surface area contributed by atoms with Gasteiger partial charge < -0.3 is 14.6 Å². The second kappa shape index (κ2) is 10.7. The molecule has 0 saturated heterocycles. The molecule has 1 atom stereocenters. The highest BCUT2D eigenvalue weighted by Crippen LogP contribution is 2.29. The van der Waals surface area contributed by atoms with Gasteiger partial charge in [0, 0.05) is 13.0 Å². The number of carbonyl (C=O) groups is 1. The first kappa shape index (κ1) is 22.4. The van der Waals surface area contributed by atoms with Crippen molar-refractivity contribution in [2.24, 2.45) is 0 Å². The minimum atomic E-state index is -0.836. The number of rotatable bonds is 10. The average Bonchev–Trinajstić information content (AvgIpc) is 2.83. The molecule has 4 aromatic carbocycles. The van der Waals surface area contributed by atoms with Crippen molar-refractivity contribution >= 4 is 16.7 Å². The van der Waals surface area contributed by atoms with Crippen LogP contribution in [0.1, 0.15) is 18.1 Å². The molecule has 5 nitrogen and oxygen atoms in total. The van der Waals surface area contributed by atoms with E-state index < -0.39 is 5.97 Å². The number of carboxylic acids is 1. The molecule has 0 fully saturated rings. The Kier molecular flexibility index (Phi) is 7.22. The van der Waals surface area contributed by atoms with Crippen LogP contribution in [-0.4, -0.2) is 36.1 Å². The average molecular weight is 442 g/mol. The predicted molar refractivity (Wildman–Crippen MR) is 130 cm³/mol. The van der Waals surface area contributed by atoms with Gasteiger partial charge in [0.1, 0.15) is 23.4 Å². The van der Waals surface area contributed by atoms with Crippen molar-refractivity contribution in [1.29, 1.82) is 0 Å². The summed E-state index contributed by atoms with van der Waals surface area (Å²) < 4.78 is 12.3. The van der Waals surface area contributed by atoms with Crippen molar-refractivity contribution in [3.63, 3.8) is 0 Å². The van der Waals surface area contributed by atoms with Crippen molar-refractivity contribution in [2.45, 2.75) is 12.5 Å². The molecule has 0 aromatic heterocycles. The maximum Gasteiger partial charge on any atom is 0.317 e. The first-order chi connectivity index (χ1) is 16.1. The highest BCUT2D eigenvalue weighted by atomic mass is 16.5. The van der Waals surface area contributed by atoms with Gasteiger partial charge >= 0.3 is 5.97 Å². The van der Waals surface area contributed by atoms with Gasteiger partial charge in [0.25, 0.3) is 0 Å². The molecule has 5 heteroatoms. The molecule has 0 bridgehead atoms. The van der Waals surface area contributed by atoms with E-state index >= 15 is 0 Å². The van der Waals surface area contributed by atoms with Crippen LogP contribution in [-0.2, 0) is 4.79 Å². The zero-order valence-corrected chi connectivity index (χ0v) is 18.6. The van der Waals surface area contributed by atoms with E-state index in [9.17, 15) is 4.79 Å². The number of nitrogens with zero attached hydrogens (tertiary/aromatic N) is 1. The van der Waals surface area contributed by atoms with Gasteiger partial charge in [-0.15, -0.1) is 0 Å². The SMILES string of the molecule is CN(CCC(Oc1ccc(Oc2ccc3ccccc3c2)cc1)c1ccccc1)CC(=O)O. The summed E-state index contributed by atoms with van der Waals surface area (Å²) in [5, 5.41) is 11.3. The second-order valence-electron chi connectivity index (χ2n) is 8.02. The highest BCUT2D eigenvalue weighted by Gasteiger charge is 2.15. The van der Waals surface area contributed by atoms with E-state index in [1.54, 1.807) is 11.9 Å². The fourth-order valence-corrected chi connectivity index (χ4v) is 3.73. The summed E-state index contributed by atoms with van der Waals surface area (Å²) >= 11 is 0. The Bertz CT molecular complexity index is 1190. The van der Waals surface area contributed by atoms with Crippen LogP contribution in [0.3, 0.4) is 0 Å². The summed E-state index contributed by atoms with van der Waals surface area (Å²) in [6, 6.07) is 31.8. The smallest absolute Gasteiger partial charge is 0.317 e. The third kappa shape index (κ3) is 6.34. The summed E-state index contributed by atoms with van der Waals surface area (Å²) in [7, 11) is 1.80. The van der Waals surface area contributed by atoms with Crippen LogP contribution in [0.4, 0.5) is 0 Å². The highest BCUT2D eigenvalue weighted by molar-refractivity contribution is 5.83. The molecule has 0 heterocycles. The summed E-state index contributed by atoms with van der Waals surface area (Å²) in [6.07, 6.45) is 0.484. The fraction of sp³-hybridized carbons (Fsp3) is 0.179. The third-order valence-electron chi connectivity index (χ3n) is 5.41. The largest absolute Gasteiger partial charge is 0.486 e. The lowest BCUT2D eigenvalue weighted by atomic mass is 10.1. The molecule has 0 radical (unpaired) electrons. The number of hydrogen-bond acceptors (Lipinski definition) is 4. The number of aliphatic carboxylic acids is 1. The predicted octanol–water partition coefficient (Wildman–Crippen LogP) is 6.16. The molecule has 0 aliphatic rings. The monoisotopic (exact) mass is 441 g/mol. The quantitative estimate of drug-likeness (QED) is 0.319. The maximum atomic E-state index is 11.0. The Morgan fingerprint density at radius 2 is 1.45 bits per heavy atom. The topological polar surface area (TPSA) is 59.0 Å². The molecule has 0 saturated carbocycles. The third-order valence-corrected chi connectivity index (χ3v) is 5.41. The molecule has 0 aliphatic carbocycles. The van der Waals surface area contributed by atoms with Crippen LogP contribution in [0.2, 0.25) is 0 Å². The summed E-state index contributed by atoms with van der Waals surface area (Å²) in [4.78, 5) is 12.7. The van der Waals surface area contributed by atoms with E-state index in [1.165, 1.54) is 5.39 Å². The lowest BCUT2D eigenvalue weighted by molar-refractivity contribution is -0.138. The standard InChI is InChI=1S/C28H27NO4/c1-29(20-28(30)31)18-17-27(22-8-3-2-4-9-22)33-25-15-13-24(14-16-25)32-26-12-11-21-7-5-6-10-23(21)19-26/h2-16,19,27H,17-18,20H2,1H3,(H,30,31). The Labute approximate surface area is 193 Å². The molecule has 0 spiro atoms. The number of hydrogen-bond donors (Lipinski definition) is 1. The minimum Gasteiger partial charge on any atom is -0.486 e. The summed E-state index contributed by atoms with van der Waals surface area (Å²) in [5.74, 6) is 1.41. The van der Waals surface area contributed by atoms with Crippen molar-refractivity contribution in [2.75, 3.05) is 20.1 Å². The van der Waals surface area contributed by atoms with Gasteiger partial charge in [-0.25, -0.2) is 0 Å². The van der Waals surface area contributed by atoms with Crippen molar-refractivity contribution in [3.05, 3.63) is 103 Å². The molecule has 1 unspecified atom stereocenters. The van der Waals surface area contributed by atoms with Gasteiger partial charge in [-0.2, -0.15) is 0 Å². The van der Waals surface area contributed by atoms with Gasteiger partial charge in [0.15, 0.2) is 0 Å². The van der Waals surface area contributed by atoms with Crippen LogP contribution >= 0.6 is 0 Å². The van der Waals surface area contributed by atoms with Gasteiger partial charge in [0.05, 0.1) is 6.54 Å². The molecule has 0 amide bonds. The Morgan fingerprint density at radius 3 is 2.18 bits per heavy atom. The number of likely N-dealkylation sites (N-methyl/N-ethyl adjacent to an activating group) is 1. The minimum absolute atomic E-state index is 0.00230. The molecule has 168 valence electrons. The zero-order chi connectivity index (χ0) is 23.0. The first-order valence-electron chi connectivity index (χ1n) is 11.0.